The predicted octanol–water partition coefficient (Wildman–Crippen LogP) is 10.7. The Bertz CT molecular complexity index is 1380. The lowest BCUT2D eigenvalue weighted by molar-refractivity contribution is 0.0227. The fraction of sp³-hybridized carbons (Fsp3) is 0.581. The maximum Gasteiger partial charge on any atom is 0.341 e. The van der Waals surface area contributed by atoms with Crippen LogP contribution >= 0.6 is 0 Å². The number of pyridine rings is 1. The minimum atomic E-state index is -1.34. The second-order valence-electron chi connectivity index (χ2n) is 13.6. The van der Waals surface area contributed by atoms with Gasteiger partial charge in [0.25, 0.3) is 0 Å². The van der Waals surface area contributed by atoms with Crippen LogP contribution in [-0.2, 0) is 10.3 Å². The van der Waals surface area contributed by atoms with Gasteiger partial charge in [0.1, 0.15) is 17.2 Å². The SMILES string of the molecule is CCCCOc1cc(N(CCCC)CCCC)ccc1C1(c2ccc(N(CCCC)CCCC)cc2OCCCC)OC(=O)c2cccnc21. The van der Waals surface area contributed by atoms with E-state index < -0.39 is 5.60 Å². The van der Waals surface area contributed by atoms with E-state index in [1.807, 2.05) is 6.07 Å². The third-order valence-corrected chi connectivity index (χ3v) is 9.66. The van der Waals surface area contributed by atoms with Gasteiger partial charge in [-0.15, -0.1) is 0 Å². The average Bonchev–Trinajstić information content (AvgIpc) is 3.44. The van der Waals surface area contributed by atoms with Crippen molar-refractivity contribution in [2.45, 2.75) is 124 Å². The molecule has 4 rings (SSSR count). The second kappa shape index (κ2) is 20.2. The molecule has 0 spiro atoms. The first-order chi connectivity index (χ1) is 24.5. The molecule has 0 saturated heterocycles. The van der Waals surface area contributed by atoms with Crippen LogP contribution in [0.1, 0.15) is 146 Å². The van der Waals surface area contributed by atoms with E-state index in [2.05, 4.69) is 87.7 Å². The molecule has 0 fully saturated rings. The van der Waals surface area contributed by atoms with Gasteiger partial charge in [-0.25, -0.2) is 4.79 Å². The summed E-state index contributed by atoms with van der Waals surface area (Å²) in [5, 5.41) is 0. The van der Waals surface area contributed by atoms with Crippen LogP contribution < -0.4 is 19.3 Å². The van der Waals surface area contributed by atoms with Gasteiger partial charge in [-0.1, -0.05) is 80.1 Å². The van der Waals surface area contributed by atoms with Crippen molar-refractivity contribution in [2.24, 2.45) is 0 Å². The Morgan fingerprint density at radius 1 is 0.620 bits per heavy atom. The van der Waals surface area contributed by atoms with Crippen LogP contribution in [0.5, 0.6) is 11.5 Å². The molecule has 0 atom stereocenters. The lowest BCUT2D eigenvalue weighted by atomic mass is 9.81. The van der Waals surface area contributed by atoms with Gasteiger partial charge in [-0.05, 0) is 74.9 Å². The molecule has 0 saturated carbocycles. The van der Waals surface area contributed by atoms with Crippen LogP contribution in [0.3, 0.4) is 0 Å². The Labute approximate surface area is 302 Å². The highest BCUT2D eigenvalue weighted by molar-refractivity contribution is 5.96. The molecule has 1 aliphatic heterocycles. The number of fused-ring (bicyclic) bond motifs is 1. The Morgan fingerprint density at radius 2 is 1.06 bits per heavy atom. The summed E-state index contributed by atoms with van der Waals surface area (Å²) in [6.45, 7) is 18.4. The van der Waals surface area contributed by atoms with Crippen molar-refractivity contribution in [2.75, 3.05) is 49.2 Å². The molecule has 0 amide bonds. The van der Waals surface area contributed by atoms with Crippen molar-refractivity contribution in [1.29, 1.82) is 0 Å². The number of unbranched alkanes of at least 4 members (excludes halogenated alkanes) is 6. The van der Waals surface area contributed by atoms with E-state index in [0.29, 0.717) is 24.5 Å². The summed E-state index contributed by atoms with van der Waals surface area (Å²) in [7, 11) is 0. The number of nitrogens with zero attached hydrogens (tertiary/aromatic N) is 3. The van der Waals surface area contributed by atoms with Crippen molar-refractivity contribution >= 4 is 17.3 Å². The third kappa shape index (κ3) is 9.32. The molecule has 1 aromatic heterocycles. The van der Waals surface area contributed by atoms with Crippen molar-refractivity contribution in [3.05, 3.63) is 77.1 Å². The molecular formula is C43H63N3O4. The van der Waals surface area contributed by atoms with Gasteiger partial charge in [0, 0.05) is 67.0 Å². The molecule has 3 aromatic rings. The van der Waals surface area contributed by atoms with E-state index in [-0.39, 0.29) is 5.97 Å². The van der Waals surface area contributed by atoms with Gasteiger partial charge >= 0.3 is 5.97 Å². The summed E-state index contributed by atoms with van der Waals surface area (Å²) in [5.41, 5.74) is 3.50. The molecule has 7 nitrogen and oxygen atoms in total. The summed E-state index contributed by atoms with van der Waals surface area (Å²) in [5.74, 6) is 1.05. The van der Waals surface area contributed by atoms with Gasteiger partial charge in [0.2, 0.25) is 5.60 Å². The van der Waals surface area contributed by atoms with Crippen molar-refractivity contribution in [1.82, 2.24) is 4.98 Å². The molecule has 0 bridgehead atoms. The number of hydrogen-bond acceptors (Lipinski definition) is 7. The minimum Gasteiger partial charge on any atom is -0.493 e. The molecule has 274 valence electrons. The van der Waals surface area contributed by atoms with E-state index in [1.165, 1.54) is 0 Å². The first kappa shape index (κ1) is 39.1. The fourth-order valence-corrected chi connectivity index (χ4v) is 6.63. The van der Waals surface area contributed by atoms with Crippen LogP contribution in [0.15, 0.2) is 54.7 Å². The van der Waals surface area contributed by atoms with Crippen LogP contribution in [-0.4, -0.2) is 50.3 Å². The first-order valence-corrected chi connectivity index (χ1v) is 19.7. The Kier molecular flexibility index (Phi) is 15.8. The number of ether oxygens (including phenoxy) is 3. The van der Waals surface area contributed by atoms with E-state index in [0.717, 1.165) is 137 Å². The molecule has 2 heterocycles. The third-order valence-electron chi connectivity index (χ3n) is 9.66. The number of cyclic esters (lactones) is 1. The number of hydrogen-bond donors (Lipinski definition) is 0. The lowest BCUT2D eigenvalue weighted by Crippen LogP contribution is -2.33. The zero-order chi connectivity index (χ0) is 35.8. The molecule has 2 aromatic carbocycles. The van der Waals surface area contributed by atoms with Crippen LogP contribution in [0.2, 0.25) is 0 Å². The van der Waals surface area contributed by atoms with Gasteiger partial charge in [0.05, 0.1) is 18.8 Å². The van der Waals surface area contributed by atoms with Gasteiger partial charge in [0.15, 0.2) is 0 Å². The highest BCUT2D eigenvalue weighted by Crippen LogP contribution is 2.52. The summed E-state index contributed by atoms with van der Waals surface area (Å²) in [6, 6.07) is 16.5. The summed E-state index contributed by atoms with van der Waals surface area (Å²) >= 11 is 0. The normalized spacial score (nSPS) is 13.2. The van der Waals surface area contributed by atoms with Crippen LogP contribution in [0.25, 0.3) is 0 Å². The molecule has 0 radical (unpaired) electrons. The minimum absolute atomic E-state index is 0.389. The number of anilines is 2. The topological polar surface area (TPSA) is 64.1 Å². The van der Waals surface area contributed by atoms with E-state index >= 15 is 0 Å². The Balaban J connectivity index is 1.97. The molecule has 1 aliphatic rings. The quantitative estimate of drug-likeness (QED) is 0.0687. The number of rotatable bonds is 24. The molecule has 7 heteroatoms. The van der Waals surface area contributed by atoms with Crippen LogP contribution in [0.4, 0.5) is 11.4 Å². The molecule has 50 heavy (non-hydrogen) atoms. The number of aromatic nitrogens is 1. The zero-order valence-corrected chi connectivity index (χ0v) is 31.9. The van der Waals surface area contributed by atoms with E-state index in [9.17, 15) is 4.79 Å². The number of benzene rings is 2. The van der Waals surface area contributed by atoms with E-state index in [1.54, 1.807) is 12.3 Å². The first-order valence-electron chi connectivity index (χ1n) is 19.7. The number of carbonyl (C=O) groups excluding carboxylic acids is 1. The Morgan fingerprint density at radius 3 is 1.48 bits per heavy atom. The van der Waals surface area contributed by atoms with Gasteiger partial charge in [-0.2, -0.15) is 0 Å². The smallest absolute Gasteiger partial charge is 0.341 e. The summed E-state index contributed by atoms with van der Waals surface area (Å²) < 4.78 is 20.0. The monoisotopic (exact) mass is 685 g/mol. The standard InChI is InChI=1S/C43H63N3O4/c1-7-13-26-45(27-14-8-2)34-21-23-37(39(32-34)48-30-17-11-5)43(41-36(42(47)50-43)20-19-25-44-41)38-24-22-35(33-40(38)49-31-18-12-6)46(28-15-9-3)29-16-10-4/h19-25,32-33H,7-18,26-31H2,1-6H3. The molecule has 0 N–H and O–H groups in total. The molecular weight excluding hydrogens is 622 g/mol. The predicted molar refractivity (Wildman–Crippen MR) is 207 cm³/mol. The van der Waals surface area contributed by atoms with Crippen molar-refractivity contribution in [3.63, 3.8) is 0 Å². The number of esters is 1. The van der Waals surface area contributed by atoms with Crippen molar-refractivity contribution in [3.8, 4) is 11.5 Å². The Hall–Kier alpha value is -3.74. The number of carbonyl (C=O) groups is 1. The second-order valence-corrected chi connectivity index (χ2v) is 13.6. The fourth-order valence-electron chi connectivity index (χ4n) is 6.63. The van der Waals surface area contributed by atoms with Crippen molar-refractivity contribution < 1.29 is 19.0 Å². The highest BCUT2D eigenvalue weighted by Gasteiger charge is 2.53. The van der Waals surface area contributed by atoms with Gasteiger partial charge < -0.3 is 24.0 Å². The maximum atomic E-state index is 13.8. The van der Waals surface area contributed by atoms with Gasteiger partial charge in [-0.3, -0.25) is 4.98 Å². The highest BCUT2D eigenvalue weighted by atomic mass is 16.6. The summed E-state index contributed by atoms with van der Waals surface area (Å²) in [4.78, 5) is 23.7. The largest absolute Gasteiger partial charge is 0.493 e. The average molecular weight is 686 g/mol. The lowest BCUT2D eigenvalue weighted by Gasteiger charge is -2.34. The van der Waals surface area contributed by atoms with Crippen LogP contribution in [0, 0.1) is 0 Å². The molecule has 0 unspecified atom stereocenters. The maximum absolute atomic E-state index is 13.8. The van der Waals surface area contributed by atoms with E-state index in [4.69, 9.17) is 19.2 Å². The zero-order valence-electron chi connectivity index (χ0n) is 31.9. The summed E-state index contributed by atoms with van der Waals surface area (Å²) in [6.07, 6.45) is 14.6. The molecule has 0 aliphatic carbocycles.